The normalized spacial score (nSPS) is 10.6. The topological polar surface area (TPSA) is 94.8 Å². The Balaban J connectivity index is 1.53. The summed E-state index contributed by atoms with van der Waals surface area (Å²) in [6.07, 6.45) is 8.03. The predicted molar refractivity (Wildman–Crippen MR) is 101 cm³/mol. The maximum absolute atomic E-state index is 12.6. The molecule has 4 rings (SSSR count). The molecule has 0 aliphatic rings. The van der Waals surface area contributed by atoms with Crippen molar-refractivity contribution >= 4 is 22.4 Å². The minimum atomic E-state index is -0.298. The van der Waals surface area contributed by atoms with Crippen LogP contribution in [0, 0.1) is 0 Å². The van der Waals surface area contributed by atoms with Crippen molar-refractivity contribution in [1.29, 1.82) is 0 Å². The fraction of sp³-hybridized carbons (Fsp3) is 0.0556. The first-order valence-corrected chi connectivity index (χ1v) is 8.82. The van der Waals surface area contributed by atoms with E-state index in [2.05, 4.69) is 25.3 Å². The average Bonchev–Trinajstić information content (AvgIpc) is 3.38. The zero-order chi connectivity index (χ0) is 18.6. The van der Waals surface area contributed by atoms with Crippen molar-refractivity contribution in [2.45, 2.75) is 0 Å². The molecule has 0 aliphatic heterocycles. The van der Waals surface area contributed by atoms with E-state index in [1.54, 1.807) is 48.7 Å². The summed E-state index contributed by atoms with van der Waals surface area (Å²) in [6, 6.07) is 7.23. The van der Waals surface area contributed by atoms with Crippen LogP contribution in [0.25, 0.3) is 17.1 Å². The summed E-state index contributed by atoms with van der Waals surface area (Å²) in [5.74, 6) is 0.375. The number of aromatic nitrogens is 5. The lowest BCUT2D eigenvalue weighted by Crippen LogP contribution is -2.16. The Morgan fingerprint density at radius 1 is 1.11 bits per heavy atom. The molecule has 9 heteroatoms. The monoisotopic (exact) mass is 378 g/mol. The largest absolute Gasteiger partial charge is 0.495 e. The predicted octanol–water partition coefficient (Wildman–Crippen LogP) is 3.05. The number of rotatable bonds is 5. The van der Waals surface area contributed by atoms with Gasteiger partial charge in [-0.2, -0.15) is 0 Å². The minimum Gasteiger partial charge on any atom is -0.495 e. The third-order valence-electron chi connectivity index (χ3n) is 3.77. The standard InChI is InChI=1S/C18H14N6O2S/c1-26-13-2-3-14(21-8-13)15-10-27-18(22-15)23-17(25)16-9-20-11-24(16)12-4-6-19-7-5-12/h2-11H,1H3,(H,22,23,25). The lowest BCUT2D eigenvalue weighted by Gasteiger charge is -2.07. The summed E-state index contributed by atoms with van der Waals surface area (Å²) in [4.78, 5) is 29.4. The van der Waals surface area contributed by atoms with Gasteiger partial charge in [0.2, 0.25) is 0 Å². The Hall–Kier alpha value is -3.59. The second-order valence-electron chi connectivity index (χ2n) is 5.43. The van der Waals surface area contributed by atoms with Gasteiger partial charge < -0.3 is 4.74 Å². The molecule has 0 saturated carbocycles. The number of pyridine rings is 2. The van der Waals surface area contributed by atoms with Gasteiger partial charge in [-0.1, -0.05) is 0 Å². The number of nitrogens with one attached hydrogen (secondary N) is 1. The third kappa shape index (κ3) is 3.53. The van der Waals surface area contributed by atoms with Gasteiger partial charge >= 0.3 is 0 Å². The quantitative estimate of drug-likeness (QED) is 0.574. The van der Waals surface area contributed by atoms with E-state index in [0.717, 1.165) is 5.69 Å². The molecule has 4 heterocycles. The zero-order valence-corrected chi connectivity index (χ0v) is 15.1. The average molecular weight is 378 g/mol. The van der Waals surface area contributed by atoms with E-state index in [0.29, 0.717) is 28.0 Å². The van der Waals surface area contributed by atoms with Gasteiger partial charge in [-0.15, -0.1) is 11.3 Å². The van der Waals surface area contributed by atoms with Gasteiger partial charge in [0.05, 0.1) is 37.2 Å². The number of amides is 1. The number of hydrogen-bond donors (Lipinski definition) is 1. The van der Waals surface area contributed by atoms with Crippen molar-refractivity contribution in [2.75, 3.05) is 12.4 Å². The van der Waals surface area contributed by atoms with Gasteiger partial charge in [-0.3, -0.25) is 24.6 Å². The molecule has 4 aromatic heterocycles. The Morgan fingerprint density at radius 3 is 2.70 bits per heavy atom. The molecular formula is C18H14N6O2S. The highest BCUT2D eigenvalue weighted by Gasteiger charge is 2.15. The van der Waals surface area contributed by atoms with E-state index >= 15 is 0 Å². The Labute approximate surface area is 158 Å². The SMILES string of the molecule is COc1ccc(-c2csc(NC(=O)c3cncn3-c3ccncc3)n2)nc1. The van der Waals surface area contributed by atoms with Crippen molar-refractivity contribution in [3.63, 3.8) is 0 Å². The molecule has 0 fully saturated rings. The number of carbonyl (C=O) groups is 1. The molecule has 0 spiro atoms. The molecule has 0 atom stereocenters. The summed E-state index contributed by atoms with van der Waals surface area (Å²) in [7, 11) is 1.59. The number of imidazole rings is 1. The summed E-state index contributed by atoms with van der Waals surface area (Å²) in [6.45, 7) is 0. The molecule has 0 saturated heterocycles. The lowest BCUT2D eigenvalue weighted by atomic mass is 10.3. The van der Waals surface area contributed by atoms with Crippen LogP contribution in [-0.2, 0) is 0 Å². The van der Waals surface area contributed by atoms with Crippen LogP contribution >= 0.6 is 11.3 Å². The molecule has 0 aromatic carbocycles. The first-order valence-electron chi connectivity index (χ1n) is 7.94. The number of methoxy groups -OCH3 is 1. The summed E-state index contributed by atoms with van der Waals surface area (Å²) >= 11 is 1.33. The highest BCUT2D eigenvalue weighted by Crippen LogP contribution is 2.25. The van der Waals surface area contributed by atoms with Gasteiger partial charge in [0.1, 0.15) is 17.1 Å². The van der Waals surface area contributed by atoms with Crippen molar-refractivity contribution in [3.05, 3.63) is 66.5 Å². The molecule has 8 nitrogen and oxygen atoms in total. The van der Waals surface area contributed by atoms with Gasteiger partial charge in [0, 0.05) is 17.8 Å². The molecule has 0 bridgehead atoms. The number of nitrogens with zero attached hydrogens (tertiary/aromatic N) is 5. The van der Waals surface area contributed by atoms with Crippen LogP contribution in [0.4, 0.5) is 5.13 Å². The van der Waals surface area contributed by atoms with Gasteiger partial charge in [0.15, 0.2) is 5.13 Å². The molecule has 4 aromatic rings. The number of hydrogen-bond acceptors (Lipinski definition) is 7. The van der Waals surface area contributed by atoms with E-state index in [1.165, 1.54) is 17.5 Å². The van der Waals surface area contributed by atoms with Crippen LogP contribution in [0.15, 0.2) is 60.8 Å². The highest BCUT2D eigenvalue weighted by atomic mass is 32.1. The molecular weight excluding hydrogens is 364 g/mol. The van der Waals surface area contributed by atoms with Crippen molar-refractivity contribution in [2.24, 2.45) is 0 Å². The first kappa shape index (κ1) is 16.9. The van der Waals surface area contributed by atoms with Crippen LogP contribution in [0.1, 0.15) is 10.5 Å². The lowest BCUT2D eigenvalue weighted by molar-refractivity contribution is 0.102. The Kier molecular flexibility index (Phi) is 4.58. The molecule has 0 aliphatic carbocycles. The number of thiazole rings is 1. The maximum atomic E-state index is 12.6. The highest BCUT2D eigenvalue weighted by molar-refractivity contribution is 7.14. The molecule has 1 N–H and O–H groups in total. The van der Waals surface area contributed by atoms with Crippen LogP contribution in [-0.4, -0.2) is 37.5 Å². The van der Waals surface area contributed by atoms with Crippen LogP contribution < -0.4 is 10.1 Å². The molecule has 1 amide bonds. The molecule has 0 radical (unpaired) electrons. The van der Waals surface area contributed by atoms with Crippen LogP contribution in [0.2, 0.25) is 0 Å². The second-order valence-corrected chi connectivity index (χ2v) is 6.29. The summed E-state index contributed by atoms with van der Waals surface area (Å²) in [5.41, 5.74) is 2.59. The molecule has 134 valence electrons. The zero-order valence-electron chi connectivity index (χ0n) is 14.2. The fourth-order valence-corrected chi connectivity index (χ4v) is 3.14. The van der Waals surface area contributed by atoms with Crippen molar-refractivity contribution in [3.8, 4) is 22.8 Å². The minimum absolute atomic E-state index is 0.298. The van der Waals surface area contributed by atoms with E-state index in [1.807, 2.05) is 17.5 Å². The van der Waals surface area contributed by atoms with Gasteiger partial charge in [-0.05, 0) is 24.3 Å². The molecule has 0 unspecified atom stereocenters. The number of anilines is 1. The molecule has 27 heavy (non-hydrogen) atoms. The van der Waals surface area contributed by atoms with E-state index < -0.39 is 0 Å². The first-order chi connectivity index (χ1) is 13.2. The van der Waals surface area contributed by atoms with Crippen LogP contribution in [0.3, 0.4) is 0 Å². The van der Waals surface area contributed by atoms with Crippen molar-refractivity contribution in [1.82, 2.24) is 24.5 Å². The summed E-state index contributed by atoms with van der Waals surface area (Å²) in [5, 5.41) is 5.13. The van der Waals surface area contributed by atoms with Gasteiger partial charge in [-0.25, -0.2) is 9.97 Å². The number of carbonyl (C=O) groups excluding carboxylic acids is 1. The summed E-state index contributed by atoms with van der Waals surface area (Å²) < 4.78 is 6.79. The van der Waals surface area contributed by atoms with E-state index in [9.17, 15) is 4.79 Å². The van der Waals surface area contributed by atoms with E-state index in [4.69, 9.17) is 4.74 Å². The maximum Gasteiger partial charge on any atom is 0.276 e. The Bertz CT molecular complexity index is 1060. The second kappa shape index (κ2) is 7.34. The smallest absolute Gasteiger partial charge is 0.276 e. The Morgan fingerprint density at radius 2 is 1.96 bits per heavy atom. The van der Waals surface area contributed by atoms with Gasteiger partial charge in [0.25, 0.3) is 5.91 Å². The van der Waals surface area contributed by atoms with E-state index in [-0.39, 0.29) is 5.91 Å². The fourth-order valence-electron chi connectivity index (χ4n) is 2.44. The van der Waals surface area contributed by atoms with Crippen molar-refractivity contribution < 1.29 is 9.53 Å². The number of ether oxygens (including phenoxy) is 1. The van der Waals surface area contributed by atoms with Crippen LogP contribution in [0.5, 0.6) is 5.75 Å². The third-order valence-corrected chi connectivity index (χ3v) is 4.53.